The highest BCUT2D eigenvalue weighted by Gasteiger charge is 2.68. The summed E-state index contributed by atoms with van der Waals surface area (Å²) in [5.74, 6) is 0.704. The van der Waals surface area contributed by atoms with Crippen LogP contribution in [-0.2, 0) is 9.59 Å². The minimum atomic E-state index is -0.604. The summed E-state index contributed by atoms with van der Waals surface area (Å²) < 4.78 is 0. The third-order valence-corrected chi connectivity index (χ3v) is 8.84. The zero-order valence-corrected chi connectivity index (χ0v) is 14.8. The number of hydrogen-bond donors (Lipinski definition) is 1. The first-order valence-electron chi connectivity index (χ1n) is 9.43. The Morgan fingerprint density at radius 3 is 2.43 bits per heavy atom. The first kappa shape index (κ1) is 15.7. The molecule has 23 heavy (non-hydrogen) atoms. The van der Waals surface area contributed by atoms with Crippen molar-refractivity contribution in [3.63, 3.8) is 0 Å². The highest BCUT2D eigenvalue weighted by Crippen LogP contribution is 2.72. The number of carbonyl (C=O) groups excluding carboxylic acids is 1. The SMILES string of the molecule is C[C@@]12CC[C@@H]3[C@@](CC[C@H]4[C@@]3(C)CCC[C@@]4(C)C(=O)O)(CC1=O)C2. The van der Waals surface area contributed by atoms with E-state index in [-0.39, 0.29) is 22.2 Å². The van der Waals surface area contributed by atoms with Gasteiger partial charge in [-0.2, -0.15) is 0 Å². The highest BCUT2D eigenvalue weighted by atomic mass is 16.4. The van der Waals surface area contributed by atoms with Crippen LogP contribution in [-0.4, -0.2) is 16.9 Å². The number of carboxylic acids is 1. The van der Waals surface area contributed by atoms with E-state index >= 15 is 0 Å². The van der Waals surface area contributed by atoms with Gasteiger partial charge in [0.25, 0.3) is 0 Å². The van der Waals surface area contributed by atoms with Crippen LogP contribution in [0, 0.1) is 33.5 Å². The van der Waals surface area contributed by atoms with Crippen molar-refractivity contribution in [2.75, 3.05) is 0 Å². The predicted octanol–water partition coefficient (Wildman–Crippen LogP) is 4.44. The molecule has 0 aromatic rings. The Morgan fingerprint density at radius 1 is 1.04 bits per heavy atom. The second-order valence-corrected chi connectivity index (χ2v) is 9.96. The molecule has 0 radical (unpaired) electrons. The molecule has 6 atom stereocenters. The smallest absolute Gasteiger partial charge is 0.309 e. The fourth-order valence-electron chi connectivity index (χ4n) is 7.76. The van der Waals surface area contributed by atoms with Crippen molar-refractivity contribution in [1.29, 1.82) is 0 Å². The Bertz CT molecular complexity index is 583. The Morgan fingerprint density at radius 2 is 1.74 bits per heavy atom. The van der Waals surface area contributed by atoms with Crippen LogP contribution >= 0.6 is 0 Å². The lowest BCUT2D eigenvalue weighted by atomic mass is 9.40. The molecule has 1 spiro atoms. The molecule has 0 heterocycles. The van der Waals surface area contributed by atoms with Crippen LogP contribution in [0.4, 0.5) is 0 Å². The van der Waals surface area contributed by atoms with E-state index in [1.165, 1.54) is 0 Å². The average Bonchev–Trinajstić information content (AvgIpc) is 2.63. The van der Waals surface area contributed by atoms with Gasteiger partial charge in [0.15, 0.2) is 0 Å². The van der Waals surface area contributed by atoms with E-state index in [1.807, 2.05) is 6.92 Å². The van der Waals surface area contributed by atoms with E-state index < -0.39 is 11.4 Å². The normalized spacial score (nSPS) is 55.2. The number of hydrogen-bond acceptors (Lipinski definition) is 2. The molecular formula is C20H30O3. The first-order valence-corrected chi connectivity index (χ1v) is 9.43. The maximum Gasteiger partial charge on any atom is 0.309 e. The van der Waals surface area contributed by atoms with Crippen LogP contribution in [0.1, 0.15) is 78.6 Å². The quantitative estimate of drug-likeness (QED) is 0.777. The third kappa shape index (κ3) is 1.77. The maximum atomic E-state index is 12.6. The van der Waals surface area contributed by atoms with Gasteiger partial charge in [-0.05, 0) is 74.5 Å². The van der Waals surface area contributed by atoms with Crippen molar-refractivity contribution in [2.24, 2.45) is 33.5 Å². The largest absolute Gasteiger partial charge is 0.481 e. The van der Waals surface area contributed by atoms with Crippen LogP contribution in [0.2, 0.25) is 0 Å². The van der Waals surface area contributed by atoms with Gasteiger partial charge in [0.05, 0.1) is 5.41 Å². The highest BCUT2D eigenvalue weighted by molar-refractivity contribution is 5.88. The first-order chi connectivity index (χ1) is 10.7. The number of Topliss-reactive ketones (excluding diaryl/α,β-unsaturated/α-hetero) is 1. The molecular weight excluding hydrogens is 288 g/mol. The van der Waals surface area contributed by atoms with Gasteiger partial charge in [0, 0.05) is 11.8 Å². The van der Waals surface area contributed by atoms with Crippen molar-refractivity contribution in [3.8, 4) is 0 Å². The van der Waals surface area contributed by atoms with Crippen molar-refractivity contribution in [2.45, 2.75) is 78.6 Å². The number of ketones is 1. The van der Waals surface area contributed by atoms with Crippen molar-refractivity contribution in [1.82, 2.24) is 0 Å². The van der Waals surface area contributed by atoms with Crippen LogP contribution < -0.4 is 0 Å². The zero-order valence-electron chi connectivity index (χ0n) is 14.8. The molecule has 2 bridgehead atoms. The Hall–Kier alpha value is -0.860. The molecule has 1 N–H and O–H groups in total. The summed E-state index contributed by atoms with van der Waals surface area (Å²) in [5, 5.41) is 9.91. The molecule has 0 unspecified atom stereocenters. The van der Waals surface area contributed by atoms with Gasteiger partial charge >= 0.3 is 5.97 Å². The molecule has 0 saturated heterocycles. The molecule has 4 saturated carbocycles. The van der Waals surface area contributed by atoms with Crippen molar-refractivity contribution >= 4 is 11.8 Å². The summed E-state index contributed by atoms with van der Waals surface area (Å²) in [6.45, 7) is 6.54. The van der Waals surface area contributed by atoms with Crippen molar-refractivity contribution < 1.29 is 14.7 Å². The van der Waals surface area contributed by atoms with Gasteiger partial charge in [-0.15, -0.1) is 0 Å². The fourth-order valence-corrected chi connectivity index (χ4v) is 7.76. The average molecular weight is 318 g/mol. The molecule has 4 fully saturated rings. The summed E-state index contributed by atoms with van der Waals surface area (Å²) in [6, 6.07) is 0. The molecule has 0 aromatic heterocycles. The molecule has 0 aliphatic heterocycles. The van der Waals surface area contributed by atoms with E-state index in [4.69, 9.17) is 0 Å². The van der Waals surface area contributed by atoms with E-state index in [9.17, 15) is 14.7 Å². The second kappa shape index (κ2) is 4.40. The molecule has 4 rings (SSSR count). The number of carbonyl (C=O) groups is 2. The van der Waals surface area contributed by atoms with Gasteiger partial charge < -0.3 is 5.11 Å². The van der Waals surface area contributed by atoms with E-state index in [1.54, 1.807) is 0 Å². The summed E-state index contributed by atoms with van der Waals surface area (Å²) in [5.41, 5.74) is -0.357. The minimum absolute atomic E-state index is 0.0789. The van der Waals surface area contributed by atoms with Gasteiger partial charge in [-0.25, -0.2) is 0 Å². The summed E-state index contributed by atoms with van der Waals surface area (Å²) in [7, 11) is 0. The molecule has 3 nitrogen and oxygen atoms in total. The Balaban J connectivity index is 1.76. The van der Waals surface area contributed by atoms with Gasteiger partial charge in [-0.1, -0.05) is 20.3 Å². The number of rotatable bonds is 1. The number of carboxylic acid groups (broad SMARTS) is 1. The van der Waals surface area contributed by atoms with Crippen molar-refractivity contribution in [3.05, 3.63) is 0 Å². The maximum absolute atomic E-state index is 12.6. The third-order valence-electron chi connectivity index (χ3n) is 8.84. The van der Waals surface area contributed by atoms with E-state index in [0.717, 1.165) is 57.8 Å². The number of fused-ring (bicyclic) bond motifs is 3. The second-order valence-electron chi connectivity index (χ2n) is 9.96. The van der Waals surface area contributed by atoms with Crippen LogP contribution in [0.15, 0.2) is 0 Å². The molecule has 0 amide bonds. The van der Waals surface area contributed by atoms with Crippen LogP contribution in [0.25, 0.3) is 0 Å². The fraction of sp³-hybridized carbons (Fsp3) is 0.900. The Kier molecular flexibility index (Phi) is 3.00. The molecule has 128 valence electrons. The summed E-state index contributed by atoms with van der Waals surface area (Å²) in [6.07, 6.45) is 9.04. The van der Waals surface area contributed by atoms with E-state index in [0.29, 0.717) is 11.7 Å². The standard InChI is InChI=1S/C20H30O3/c1-17-9-5-14-18(2)7-4-8-19(3,16(22)23)13(18)6-10-20(14,12-17)11-15(17)21/h13-14H,4-12H2,1-3H3,(H,22,23)/t13-,14-,17-,18+,19+,20-/m0/s1. The van der Waals surface area contributed by atoms with Gasteiger partial charge in [0.2, 0.25) is 0 Å². The van der Waals surface area contributed by atoms with E-state index in [2.05, 4.69) is 13.8 Å². The van der Waals surface area contributed by atoms with Gasteiger partial charge in [-0.3, -0.25) is 9.59 Å². The summed E-state index contributed by atoms with van der Waals surface area (Å²) >= 11 is 0. The monoisotopic (exact) mass is 318 g/mol. The molecule has 0 aromatic carbocycles. The molecule has 3 heteroatoms. The lowest BCUT2D eigenvalue weighted by Crippen LogP contribution is -2.58. The topological polar surface area (TPSA) is 54.4 Å². The lowest BCUT2D eigenvalue weighted by molar-refractivity contribution is -0.182. The van der Waals surface area contributed by atoms with Gasteiger partial charge in [0.1, 0.15) is 5.78 Å². The predicted molar refractivity (Wildman–Crippen MR) is 87.9 cm³/mol. The summed E-state index contributed by atoms with van der Waals surface area (Å²) in [4.78, 5) is 24.7. The minimum Gasteiger partial charge on any atom is -0.481 e. The molecule has 4 aliphatic carbocycles. The number of aliphatic carboxylic acids is 1. The lowest BCUT2D eigenvalue weighted by Gasteiger charge is -2.63. The van der Waals surface area contributed by atoms with Crippen LogP contribution in [0.5, 0.6) is 0 Å². The Labute approximate surface area is 139 Å². The molecule has 4 aliphatic rings. The van der Waals surface area contributed by atoms with Crippen LogP contribution in [0.3, 0.4) is 0 Å². The zero-order chi connectivity index (χ0) is 16.7.